The molecule has 0 aliphatic carbocycles. The van der Waals surface area contributed by atoms with Gasteiger partial charge in [0.25, 0.3) is 0 Å². The minimum absolute atomic E-state index is 0.113. The van der Waals surface area contributed by atoms with E-state index in [1.54, 1.807) is 36.7 Å². The van der Waals surface area contributed by atoms with Crippen LogP contribution in [-0.4, -0.2) is 40.7 Å². The molecule has 0 spiro atoms. The fourth-order valence-electron chi connectivity index (χ4n) is 3.80. The third kappa shape index (κ3) is 6.42. The molecule has 178 valence electrons. The number of benzene rings is 2. The molecule has 2 heterocycles. The summed E-state index contributed by atoms with van der Waals surface area (Å²) in [6, 6.07) is 17.3. The number of alkyl halides is 3. The molecule has 4 rings (SSSR count). The van der Waals surface area contributed by atoms with Gasteiger partial charge >= 0.3 is 11.5 Å². The number of urea groups is 1. The van der Waals surface area contributed by atoms with Crippen LogP contribution in [-0.2, 0) is 6.54 Å². The summed E-state index contributed by atoms with van der Waals surface area (Å²) in [6.45, 7) is 4.05. The Labute approximate surface area is 200 Å². The van der Waals surface area contributed by atoms with Crippen LogP contribution in [0.2, 0.25) is 0 Å². The van der Waals surface area contributed by atoms with Crippen molar-refractivity contribution in [2.24, 2.45) is 0 Å². The lowest BCUT2D eigenvalue weighted by Crippen LogP contribution is -2.29. The Balaban J connectivity index is 1.39. The fourth-order valence-corrected chi connectivity index (χ4v) is 4.34. The van der Waals surface area contributed by atoms with E-state index in [1.807, 2.05) is 24.3 Å². The number of rotatable bonds is 6. The summed E-state index contributed by atoms with van der Waals surface area (Å²) in [5, 5.41) is 5.66. The first-order valence-corrected chi connectivity index (χ1v) is 11.5. The zero-order valence-corrected chi connectivity index (χ0v) is 19.2. The van der Waals surface area contributed by atoms with E-state index >= 15 is 0 Å². The van der Waals surface area contributed by atoms with Crippen LogP contribution < -0.4 is 15.5 Å². The lowest BCUT2D eigenvalue weighted by atomic mass is 10.2. The summed E-state index contributed by atoms with van der Waals surface area (Å²) >= 11 is -0.113. The molecule has 1 aliphatic rings. The molecular weight excluding hydrogens is 463 g/mol. The van der Waals surface area contributed by atoms with Gasteiger partial charge < -0.3 is 15.5 Å². The fraction of sp³-hybridized carbons (Fsp3) is 0.250. The van der Waals surface area contributed by atoms with Crippen LogP contribution in [0.3, 0.4) is 0 Å². The highest BCUT2D eigenvalue weighted by molar-refractivity contribution is 8.00. The van der Waals surface area contributed by atoms with E-state index in [4.69, 9.17) is 0 Å². The SMILES string of the molecule is CC1CN(c2ccc(SC(F)(F)F)cc2)CN1Cc1ccncc1NC(=O)Nc1ccccc1. The number of pyridine rings is 1. The zero-order valence-electron chi connectivity index (χ0n) is 18.4. The van der Waals surface area contributed by atoms with Crippen molar-refractivity contribution in [1.82, 2.24) is 9.88 Å². The van der Waals surface area contributed by atoms with Crippen molar-refractivity contribution >= 4 is 34.9 Å². The first-order chi connectivity index (χ1) is 16.3. The van der Waals surface area contributed by atoms with Gasteiger partial charge in [0.05, 0.1) is 18.6 Å². The topological polar surface area (TPSA) is 60.5 Å². The largest absolute Gasteiger partial charge is 0.446 e. The first-order valence-electron chi connectivity index (χ1n) is 10.7. The maximum atomic E-state index is 12.6. The van der Waals surface area contributed by atoms with Gasteiger partial charge in [-0.1, -0.05) is 18.2 Å². The number of nitrogens with zero attached hydrogens (tertiary/aromatic N) is 3. The van der Waals surface area contributed by atoms with Gasteiger partial charge in [-0.05, 0) is 66.7 Å². The molecule has 10 heteroatoms. The van der Waals surface area contributed by atoms with Crippen molar-refractivity contribution in [3.8, 4) is 0 Å². The van der Waals surface area contributed by atoms with E-state index < -0.39 is 5.51 Å². The van der Waals surface area contributed by atoms with Crippen molar-refractivity contribution in [1.29, 1.82) is 0 Å². The molecule has 3 aromatic rings. The Bertz CT molecular complexity index is 1110. The molecule has 1 fully saturated rings. The van der Waals surface area contributed by atoms with E-state index in [0.717, 1.165) is 17.8 Å². The number of para-hydroxylation sites is 1. The molecule has 1 aromatic heterocycles. The summed E-state index contributed by atoms with van der Waals surface area (Å²) < 4.78 is 37.8. The van der Waals surface area contributed by atoms with Crippen LogP contribution in [0, 0.1) is 0 Å². The van der Waals surface area contributed by atoms with Crippen molar-refractivity contribution < 1.29 is 18.0 Å². The molecule has 6 nitrogen and oxygen atoms in total. The summed E-state index contributed by atoms with van der Waals surface area (Å²) in [7, 11) is 0. The maximum Gasteiger partial charge on any atom is 0.446 e. The maximum absolute atomic E-state index is 12.6. The predicted molar refractivity (Wildman–Crippen MR) is 129 cm³/mol. The average molecular weight is 488 g/mol. The number of nitrogens with one attached hydrogen (secondary N) is 2. The Morgan fingerprint density at radius 3 is 2.53 bits per heavy atom. The minimum atomic E-state index is -4.30. The second-order valence-corrected chi connectivity index (χ2v) is 9.12. The number of carbonyl (C=O) groups excluding carboxylic acids is 1. The van der Waals surface area contributed by atoms with Gasteiger partial charge in [-0.25, -0.2) is 4.79 Å². The highest BCUT2D eigenvalue weighted by Gasteiger charge is 2.30. The number of carbonyl (C=O) groups is 1. The number of amides is 2. The second-order valence-electron chi connectivity index (χ2n) is 7.98. The lowest BCUT2D eigenvalue weighted by molar-refractivity contribution is -0.0328. The van der Waals surface area contributed by atoms with Crippen LogP contribution in [0.15, 0.2) is 78.0 Å². The molecule has 2 aromatic carbocycles. The van der Waals surface area contributed by atoms with Crippen LogP contribution in [0.1, 0.15) is 12.5 Å². The predicted octanol–water partition coefficient (Wildman–Crippen LogP) is 6.01. The van der Waals surface area contributed by atoms with E-state index in [0.29, 0.717) is 24.6 Å². The van der Waals surface area contributed by atoms with Crippen molar-refractivity contribution in [3.63, 3.8) is 0 Å². The third-order valence-electron chi connectivity index (χ3n) is 5.46. The molecular formula is C24H24F3N5OS. The summed E-state index contributed by atoms with van der Waals surface area (Å²) in [5.41, 5.74) is -1.20. The Morgan fingerprint density at radius 1 is 1.09 bits per heavy atom. The molecule has 34 heavy (non-hydrogen) atoms. The van der Waals surface area contributed by atoms with Crippen molar-refractivity contribution in [2.45, 2.75) is 29.9 Å². The summed E-state index contributed by atoms with van der Waals surface area (Å²) in [4.78, 5) is 21.1. The Kier molecular flexibility index (Phi) is 7.28. The van der Waals surface area contributed by atoms with E-state index in [-0.39, 0.29) is 28.7 Å². The van der Waals surface area contributed by atoms with Gasteiger partial charge in [0.2, 0.25) is 0 Å². The molecule has 0 radical (unpaired) electrons. The number of hydrogen-bond acceptors (Lipinski definition) is 5. The van der Waals surface area contributed by atoms with E-state index in [1.165, 1.54) is 12.1 Å². The Morgan fingerprint density at radius 2 is 1.82 bits per heavy atom. The molecule has 2 amide bonds. The number of anilines is 3. The molecule has 1 saturated heterocycles. The molecule has 2 N–H and O–H groups in total. The first kappa shape index (κ1) is 23.9. The van der Waals surface area contributed by atoms with Crippen LogP contribution in [0.4, 0.5) is 35.0 Å². The van der Waals surface area contributed by atoms with Gasteiger partial charge in [0.1, 0.15) is 0 Å². The molecule has 0 saturated carbocycles. The van der Waals surface area contributed by atoms with Gasteiger partial charge in [0.15, 0.2) is 0 Å². The highest BCUT2D eigenvalue weighted by Crippen LogP contribution is 2.37. The van der Waals surface area contributed by atoms with Crippen LogP contribution >= 0.6 is 11.8 Å². The van der Waals surface area contributed by atoms with Gasteiger partial charge in [-0.2, -0.15) is 13.2 Å². The number of halogens is 3. The normalized spacial score (nSPS) is 16.5. The zero-order chi connectivity index (χ0) is 24.1. The monoisotopic (exact) mass is 487 g/mol. The number of thioether (sulfide) groups is 1. The lowest BCUT2D eigenvalue weighted by Gasteiger charge is -2.22. The van der Waals surface area contributed by atoms with Gasteiger partial charge in [0, 0.05) is 41.6 Å². The molecule has 1 atom stereocenters. The number of hydrogen-bond donors (Lipinski definition) is 2. The molecule has 1 unspecified atom stereocenters. The summed E-state index contributed by atoms with van der Waals surface area (Å²) in [5.74, 6) is 0. The third-order valence-corrected chi connectivity index (χ3v) is 6.20. The van der Waals surface area contributed by atoms with Gasteiger partial charge in [-0.3, -0.25) is 9.88 Å². The molecule has 0 bridgehead atoms. The van der Waals surface area contributed by atoms with Crippen molar-refractivity contribution in [3.05, 3.63) is 78.6 Å². The van der Waals surface area contributed by atoms with Crippen LogP contribution in [0.25, 0.3) is 0 Å². The van der Waals surface area contributed by atoms with Crippen LogP contribution in [0.5, 0.6) is 0 Å². The smallest absolute Gasteiger partial charge is 0.357 e. The van der Waals surface area contributed by atoms with E-state index in [9.17, 15) is 18.0 Å². The number of aromatic nitrogens is 1. The highest BCUT2D eigenvalue weighted by atomic mass is 32.2. The van der Waals surface area contributed by atoms with E-state index in [2.05, 4.69) is 32.3 Å². The molecule has 1 aliphatic heterocycles. The minimum Gasteiger partial charge on any atom is -0.357 e. The quantitative estimate of drug-likeness (QED) is 0.417. The van der Waals surface area contributed by atoms with Gasteiger partial charge in [-0.15, -0.1) is 0 Å². The average Bonchev–Trinajstić information content (AvgIpc) is 3.15. The Hall–Kier alpha value is -3.24. The standard InChI is InChI=1S/C24H24F3N5OS/c1-17-14-32(20-7-9-21(10-8-20)34-24(25,26)27)16-31(17)15-18-11-12-28-13-22(18)30-23(33)29-19-5-3-2-4-6-19/h2-13,17H,14-16H2,1H3,(H2,29,30,33). The summed E-state index contributed by atoms with van der Waals surface area (Å²) in [6.07, 6.45) is 3.31. The second kappa shape index (κ2) is 10.4. The van der Waals surface area contributed by atoms with Crippen molar-refractivity contribution in [2.75, 3.05) is 28.7 Å².